The van der Waals surface area contributed by atoms with E-state index in [1.54, 1.807) is 30.3 Å². The number of hydrogen-bond acceptors (Lipinski definition) is 4. The fourth-order valence-corrected chi connectivity index (χ4v) is 4.41. The Balaban J connectivity index is 2.24. The van der Waals surface area contributed by atoms with Crippen LogP contribution in [-0.4, -0.2) is 30.2 Å². The number of carbonyl (C=O) groups excluding carboxylic acids is 1. The van der Waals surface area contributed by atoms with Crippen molar-refractivity contribution >= 4 is 27.2 Å². The van der Waals surface area contributed by atoms with Gasteiger partial charge < -0.3 is 5.10 Å². The standard InChI is InChI=1S/C21H21ClN2O4S/c1-21(2,3)24-20(26)15(12-23-24)19(25)14-10-11-16(29(4,27)28)17(18(14)22)13-8-6-5-7-9-13/h5-12,23H,1-4H3. The Morgan fingerprint density at radius 1 is 1.03 bits per heavy atom. The lowest BCUT2D eigenvalue weighted by Gasteiger charge is -2.18. The van der Waals surface area contributed by atoms with Crippen molar-refractivity contribution in [3.8, 4) is 11.1 Å². The maximum atomic E-state index is 13.1. The zero-order valence-electron chi connectivity index (χ0n) is 16.5. The first-order valence-electron chi connectivity index (χ1n) is 8.86. The molecule has 0 bridgehead atoms. The fraction of sp³-hybridized carbons (Fsp3) is 0.238. The topological polar surface area (TPSA) is 89.0 Å². The van der Waals surface area contributed by atoms with Crippen LogP contribution in [0.1, 0.15) is 36.7 Å². The van der Waals surface area contributed by atoms with Crippen molar-refractivity contribution in [2.24, 2.45) is 0 Å². The Morgan fingerprint density at radius 3 is 2.17 bits per heavy atom. The van der Waals surface area contributed by atoms with Gasteiger partial charge in [0.2, 0.25) is 5.78 Å². The van der Waals surface area contributed by atoms with Gasteiger partial charge in [-0.2, -0.15) is 0 Å². The second kappa shape index (κ2) is 7.31. The van der Waals surface area contributed by atoms with Crippen LogP contribution < -0.4 is 5.56 Å². The number of ketones is 1. The number of aromatic amines is 1. The minimum atomic E-state index is -3.60. The summed E-state index contributed by atoms with van der Waals surface area (Å²) in [5.74, 6) is -0.573. The highest BCUT2D eigenvalue weighted by Gasteiger charge is 2.27. The van der Waals surface area contributed by atoms with Gasteiger partial charge in [-0.15, -0.1) is 0 Å². The van der Waals surface area contributed by atoms with Crippen LogP contribution in [0.25, 0.3) is 11.1 Å². The highest BCUT2D eigenvalue weighted by Crippen LogP contribution is 2.37. The Morgan fingerprint density at radius 2 is 1.66 bits per heavy atom. The number of sulfone groups is 1. The third-order valence-electron chi connectivity index (χ3n) is 4.50. The Bertz CT molecular complexity index is 1250. The van der Waals surface area contributed by atoms with Crippen LogP contribution in [0.2, 0.25) is 5.02 Å². The third kappa shape index (κ3) is 3.93. The molecule has 0 aliphatic heterocycles. The molecule has 0 unspecified atom stereocenters. The van der Waals surface area contributed by atoms with Crippen LogP contribution in [0.15, 0.2) is 58.4 Å². The maximum absolute atomic E-state index is 13.1. The molecule has 0 radical (unpaired) electrons. The van der Waals surface area contributed by atoms with E-state index in [1.807, 2.05) is 20.8 Å². The zero-order chi connectivity index (χ0) is 21.6. The normalized spacial score (nSPS) is 12.2. The quantitative estimate of drug-likeness (QED) is 0.633. The molecule has 0 aliphatic rings. The molecular weight excluding hydrogens is 412 g/mol. The first kappa shape index (κ1) is 21.1. The predicted molar refractivity (Wildman–Crippen MR) is 113 cm³/mol. The number of rotatable bonds is 4. The molecule has 0 saturated carbocycles. The van der Waals surface area contributed by atoms with Crippen LogP contribution in [0.5, 0.6) is 0 Å². The minimum absolute atomic E-state index is 0.00738. The summed E-state index contributed by atoms with van der Waals surface area (Å²) in [5.41, 5.74) is -0.189. The summed E-state index contributed by atoms with van der Waals surface area (Å²) >= 11 is 6.54. The van der Waals surface area contributed by atoms with Gasteiger partial charge in [0.05, 0.1) is 15.5 Å². The molecule has 0 spiro atoms. The first-order valence-corrected chi connectivity index (χ1v) is 11.1. The first-order chi connectivity index (χ1) is 13.4. The average molecular weight is 433 g/mol. The minimum Gasteiger partial charge on any atom is -0.302 e. The number of benzene rings is 2. The van der Waals surface area contributed by atoms with Gasteiger partial charge in [0, 0.05) is 23.6 Å². The maximum Gasteiger partial charge on any atom is 0.278 e. The summed E-state index contributed by atoms with van der Waals surface area (Å²) < 4.78 is 26.0. The SMILES string of the molecule is CC(C)(C)n1[nH]cc(C(=O)c2ccc(S(C)(=O)=O)c(-c3ccccc3)c2Cl)c1=O. The molecule has 0 fully saturated rings. The number of carbonyl (C=O) groups is 1. The second-order valence-corrected chi connectivity index (χ2v) is 10.1. The van der Waals surface area contributed by atoms with Crippen molar-refractivity contribution < 1.29 is 13.2 Å². The molecule has 3 rings (SSSR count). The molecule has 1 N–H and O–H groups in total. The van der Waals surface area contributed by atoms with Crippen molar-refractivity contribution in [3.63, 3.8) is 0 Å². The highest BCUT2D eigenvalue weighted by molar-refractivity contribution is 7.90. The smallest absolute Gasteiger partial charge is 0.278 e. The average Bonchev–Trinajstić information content (AvgIpc) is 3.02. The number of nitrogens with one attached hydrogen (secondary N) is 1. The molecule has 3 aromatic rings. The van der Waals surface area contributed by atoms with Gasteiger partial charge in [0.15, 0.2) is 9.84 Å². The Hall–Kier alpha value is -2.64. The van der Waals surface area contributed by atoms with Crippen molar-refractivity contribution in [1.82, 2.24) is 9.78 Å². The third-order valence-corrected chi connectivity index (χ3v) is 6.03. The van der Waals surface area contributed by atoms with Crippen LogP contribution >= 0.6 is 11.6 Å². The van der Waals surface area contributed by atoms with E-state index in [1.165, 1.54) is 23.0 Å². The molecule has 1 aromatic heterocycles. The molecular formula is C21H21ClN2O4S. The molecule has 2 aromatic carbocycles. The summed E-state index contributed by atoms with van der Waals surface area (Å²) in [4.78, 5) is 25.8. The van der Waals surface area contributed by atoms with E-state index in [0.29, 0.717) is 5.56 Å². The number of H-pyrrole nitrogens is 1. The van der Waals surface area contributed by atoms with Crippen LogP contribution in [0, 0.1) is 0 Å². The van der Waals surface area contributed by atoms with E-state index >= 15 is 0 Å². The van der Waals surface area contributed by atoms with E-state index in [-0.39, 0.29) is 26.6 Å². The molecule has 0 amide bonds. The lowest BCUT2D eigenvalue weighted by Crippen LogP contribution is -2.34. The molecule has 8 heteroatoms. The number of halogens is 1. The van der Waals surface area contributed by atoms with Crippen LogP contribution in [0.3, 0.4) is 0 Å². The van der Waals surface area contributed by atoms with Crippen molar-refractivity contribution in [2.75, 3.05) is 6.26 Å². The van der Waals surface area contributed by atoms with E-state index in [9.17, 15) is 18.0 Å². The molecule has 152 valence electrons. The lowest BCUT2D eigenvalue weighted by molar-refractivity contribution is 0.103. The number of aromatic nitrogens is 2. The van der Waals surface area contributed by atoms with Gasteiger partial charge >= 0.3 is 0 Å². The van der Waals surface area contributed by atoms with E-state index in [2.05, 4.69) is 5.10 Å². The van der Waals surface area contributed by atoms with Crippen LogP contribution in [0.4, 0.5) is 0 Å². The molecule has 0 aliphatic carbocycles. The van der Waals surface area contributed by atoms with Gasteiger partial charge in [-0.3, -0.25) is 9.59 Å². The van der Waals surface area contributed by atoms with Gasteiger partial charge in [-0.25, -0.2) is 13.1 Å². The lowest BCUT2D eigenvalue weighted by atomic mass is 9.99. The highest BCUT2D eigenvalue weighted by atomic mass is 35.5. The van der Waals surface area contributed by atoms with E-state index < -0.39 is 26.7 Å². The predicted octanol–water partition coefficient (Wildman–Crippen LogP) is 3.89. The molecule has 0 saturated heterocycles. The summed E-state index contributed by atoms with van der Waals surface area (Å²) in [6, 6.07) is 11.4. The van der Waals surface area contributed by atoms with Crippen molar-refractivity contribution in [3.05, 3.63) is 75.2 Å². The van der Waals surface area contributed by atoms with Crippen molar-refractivity contribution in [1.29, 1.82) is 0 Å². The molecule has 0 atom stereocenters. The largest absolute Gasteiger partial charge is 0.302 e. The van der Waals surface area contributed by atoms with E-state index in [0.717, 1.165) is 6.26 Å². The molecule has 1 heterocycles. The van der Waals surface area contributed by atoms with Crippen LogP contribution in [-0.2, 0) is 15.4 Å². The van der Waals surface area contributed by atoms with Gasteiger partial charge in [0.25, 0.3) is 5.56 Å². The fourth-order valence-electron chi connectivity index (χ4n) is 3.09. The summed E-state index contributed by atoms with van der Waals surface area (Å²) in [7, 11) is -3.60. The van der Waals surface area contributed by atoms with E-state index in [4.69, 9.17) is 11.6 Å². The van der Waals surface area contributed by atoms with Gasteiger partial charge in [0.1, 0.15) is 5.56 Å². The van der Waals surface area contributed by atoms with Gasteiger partial charge in [-0.05, 0) is 38.5 Å². The second-order valence-electron chi connectivity index (χ2n) is 7.77. The summed E-state index contributed by atoms with van der Waals surface area (Å²) in [6.45, 7) is 5.50. The number of nitrogens with zero attached hydrogens (tertiary/aromatic N) is 1. The van der Waals surface area contributed by atoms with Gasteiger partial charge in [-0.1, -0.05) is 41.9 Å². The monoisotopic (exact) mass is 432 g/mol. The molecule has 29 heavy (non-hydrogen) atoms. The summed E-state index contributed by atoms with van der Waals surface area (Å²) in [5, 5.41) is 2.80. The molecule has 6 nitrogen and oxygen atoms in total. The summed E-state index contributed by atoms with van der Waals surface area (Å²) in [6.07, 6.45) is 2.43. The Kier molecular flexibility index (Phi) is 5.32. The zero-order valence-corrected chi connectivity index (χ0v) is 18.1. The Labute approximate surface area is 174 Å². The number of hydrogen-bond donors (Lipinski definition) is 1. The van der Waals surface area contributed by atoms with Crippen molar-refractivity contribution in [2.45, 2.75) is 31.2 Å².